The first-order valence-corrected chi connectivity index (χ1v) is 2.61. The average Bonchev–Trinajstić information content (AvgIpc) is 1.85. The maximum absolute atomic E-state index is 10.1. The van der Waals surface area contributed by atoms with Gasteiger partial charge in [-0.15, -0.1) is 25.3 Å². The zero-order chi connectivity index (χ0) is 6.15. The predicted octanol–water partition coefficient (Wildman–Crippen LogP) is 0.810. The molecule has 0 spiro atoms. The largest absolute Gasteiger partial charge is 0.520 e. The van der Waals surface area contributed by atoms with Crippen molar-refractivity contribution in [2.45, 2.75) is 10.2 Å². The molecule has 3 nitrogen and oxygen atoms in total. The Kier molecular flexibility index (Phi) is 1.39. The lowest BCUT2D eigenvalue weighted by Gasteiger charge is -1.72. The molecule has 0 aliphatic heterocycles. The fourth-order valence-corrected chi connectivity index (χ4v) is 0.506. The highest BCUT2D eigenvalue weighted by Gasteiger charge is 2.01. The van der Waals surface area contributed by atoms with Gasteiger partial charge in [-0.25, -0.2) is 4.79 Å². The second-order valence-corrected chi connectivity index (χ2v) is 1.88. The van der Waals surface area contributed by atoms with E-state index in [-0.39, 0.29) is 10.2 Å². The number of thiol groups is 2. The van der Waals surface area contributed by atoms with Crippen molar-refractivity contribution in [3.8, 4) is 0 Å². The van der Waals surface area contributed by atoms with Crippen molar-refractivity contribution in [1.29, 1.82) is 0 Å². The van der Waals surface area contributed by atoms with Crippen molar-refractivity contribution in [2.24, 2.45) is 0 Å². The number of hydrogen-bond donors (Lipinski definition) is 2. The van der Waals surface area contributed by atoms with Crippen LogP contribution in [0.3, 0.4) is 0 Å². The van der Waals surface area contributed by atoms with E-state index in [1.165, 1.54) is 0 Å². The van der Waals surface area contributed by atoms with Gasteiger partial charge in [0, 0.05) is 0 Å². The third-order valence-electron chi connectivity index (χ3n) is 0.543. The van der Waals surface area contributed by atoms with E-state index in [1.807, 2.05) is 0 Å². The van der Waals surface area contributed by atoms with Gasteiger partial charge in [0.1, 0.15) is 0 Å². The van der Waals surface area contributed by atoms with E-state index in [4.69, 9.17) is 0 Å². The van der Waals surface area contributed by atoms with Crippen LogP contribution in [0, 0.1) is 0 Å². The predicted molar refractivity (Wildman–Crippen MR) is 31.7 cm³/mol. The summed E-state index contributed by atoms with van der Waals surface area (Å²) >= 11 is 7.36. The van der Waals surface area contributed by atoms with E-state index >= 15 is 0 Å². The molecule has 5 heteroatoms. The van der Waals surface area contributed by atoms with Gasteiger partial charge < -0.3 is 8.83 Å². The summed E-state index contributed by atoms with van der Waals surface area (Å²) in [6.07, 6.45) is 0. The molecular formula is C3H2O3S2. The molecule has 0 fully saturated rings. The van der Waals surface area contributed by atoms with E-state index in [1.54, 1.807) is 0 Å². The van der Waals surface area contributed by atoms with Crippen LogP contribution in [0.2, 0.25) is 0 Å². The summed E-state index contributed by atoms with van der Waals surface area (Å²) in [6.45, 7) is 0. The van der Waals surface area contributed by atoms with Gasteiger partial charge >= 0.3 is 5.82 Å². The number of rotatable bonds is 0. The molecule has 0 aliphatic rings. The molecule has 1 rings (SSSR count). The first-order valence-electron chi connectivity index (χ1n) is 1.72. The lowest BCUT2D eigenvalue weighted by atomic mass is 11.0. The lowest BCUT2D eigenvalue weighted by Crippen LogP contribution is -1.84. The van der Waals surface area contributed by atoms with Crippen molar-refractivity contribution in [3.05, 3.63) is 10.6 Å². The minimum Gasteiger partial charge on any atom is -0.383 e. The van der Waals surface area contributed by atoms with Crippen LogP contribution < -0.4 is 5.82 Å². The van der Waals surface area contributed by atoms with Gasteiger partial charge in [0.15, 0.2) is 0 Å². The van der Waals surface area contributed by atoms with Crippen LogP contribution in [0.25, 0.3) is 0 Å². The van der Waals surface area contributed by atoms with Crippen LogP contribution in [0.1, 0.15) is 0 Å². The Morgan fingerprint density at radius 2 is 1.50 bits per heavy atom. The third-order valence-corrected chi connectivity index (χ3v) is 1.31. The fraction of sp³-hybridized carbons (Fsp3) is 0. The van der Waals surface area contributed by atoms with Crippen LogP contribution >= 0.6 is 25.3 Å². The van der Waals surface area contributed by atoms with E-state index in [0.29, 0.717) is 0 Å². The zero-order valence-electron chi connectivity index (χ0n) is 3.62. The molecular weight excluding hydrogens is 148 g/mol. The van der Waals surface area contributed by atoms with E-state index in [0.717, 1.165) is 0 Å². The highest BCUT2D eigenvalue weighted by Crippen LogP contribution is 2.13. The third kappa shape index (κ3) is 0.924. The maximum Gasteiger partial charge on any atom is 0.520 e. The molecule has 1 aromatic heterocycles. The van der Waals surface area contributed by atoms with Gasteiger partial charge in [0.05, 0.1) is 0 Å². The van der Waals surface area contributed by atoms with Gasteiger partial charge in [-0.05, 0) is 0 Å². The average molecular weight is 150 g/mol. The zero-order valence-corrected chi connectivity index (χ0v) is 5.41. The van der Waals surface area contributed by atoms with Crippen LogP contribution in [-0.2, 0) is 0 Å². The molecule has 1 aromatic rings. The molecule has 0 amide bonds. The van der Waals surface area contributed by atoms with Crippen molar-refractivity contribution < 1.29 is 8.83 Å². The standard InChI is InChI=1S/C3H2O3S2/c4-3-5-1(7)2(8)6-3/h7-8H. The minimum atomic E-state index is -0.778. The second-order valence-electron chi connectivity index (χ2n) is 1.06. The van der Waals surface area contributed by atoms with Crippen molar-refractivity contribution in [2.75, 3.05) is 0 Å². The van der Waals surface area contributed by atoms with Gasteiger partial charge in [0.2, 0.25) is 10.2 Å². The van der Waals surface area contributed by atoms with Gasteiger partial charge in [-0.2, -0.15) is 0 Å². The second kappa shape index (κ2) is 1.91. The quantitative estimate of drug-likeness (QED) is 0.538. The molecule has 0 radical (unpaired) electrons. The maximum atomic E-state index is 10.1. The van der Waals surface area contributed by atoms with Gasteiger partial charge in [0.25, 0.3) is 0 Å². The first kappa shape index (κ1) is 5.84. The summed E-state index contributed by atoms with van der Waals surface area (Å²) in [6, 6.07) is 0. The molecule has 0 N–H and O–H groups in total. The Morgan fingerprint density at radius 1 is 1.12 bits per heavy atom. The summed E-state index contributed by atoms with van der Waals surface area (Å²) in [7, 11) is 0. The summed E-state index contributed by atoms with van der Waals surface area (Å²) in [5.74, 6) is -0.778. The van der Waals surface area contributed by atoms with Gasteiger partial charge in [-0.3, -0.25) is 0 Å². The molecule has 0 bridgehead atoms. The topological polar surface area (TPSA) is 43.4 Å². The Bertz CT molecular complexity index is 212. The van der Waals surface area contributed by atoms with E-state index < -0.39 is 5.82 Å². The van der Waals surface area contributed by atoms with Crippen LogP contribution in [0.5, 0.6) is 0 Å². The summed E-state index contributed by atoms with van der Waals surface area (Å²) in [5.41, 5.74) is 0. The molecule has 44 valence electrons. The molecule has 0 atom stereocenters. The van der Waals surface area contributed by atoms with Crippen LogP contribution in [-0.4, -0.2) is 0 Å². The van der Waals surface area contributed by atoms with E-state index in [2.05, 4.69) is 34.1 Å². The van der Waals surface area contributed by atoms with Gasteiger partial charge in [-0.1, -0.05) is 0 Å². The monoisotopic (exact) mass is 150 g/mol. The Hall–Kier alpha value is -0.290. The smallest absolute Gasteiger partial charge is 0.383 e. The summed E-state index contributed by atoms with van der Waals surface area (Å²) < 4.78 is 8.56. The summed E-state index contributed by atoms with van der Waals surface area (Å²) in [4.78, 5) is 10.1. The Morgan fingerprint density at radius 3 is 1.62 bits per heavy atom. The fourth-order valence-electron chi connectivity index (χ4n) is 0.266. The normalized spacial score (nSPS) is 9.75. The van der Waals surface area contributed by atoms with Crippen LogP contribution in [0.15, 0.2) is 23.8 Å². The molecule has 1 heterocycles. The van der Waals surface area contributed by atoms with Crippen molar-refractivity contribution in [1.82, 2.24) is 0 Å². The Labute approximate surface area is 55.5 Å². The molecule has 8 heavy (non-hydrogen) atoms. The Balaban J connectivity index is 3.35. The minimum absolute atomic E-state index is 0.110. The molecule has 0 unspecified atom stereocenters. The summed E-state index contributed by atoms with van der Waals surface area (Å²) in [5, 5.41) is 0.219. The number of hydrogen-bond acceptors (Lipinski definition) is 5. The van der Waals surface area contributed by atoms with Crippen molar-refractivity contribution in [3.63, 3.8) is 0 Å². The van der Waals surface area contributed by atoms with Crippen LogP contribution in [0.4, 0.5) is 0 Å². The molecule has 0 saturated carbocycles. The SMILES string of the molecule is O=c1oc(S)c(S)o1. The molecule has 0 aliphatic carbocycles. The molecule has 0 saturated heterocycles. The van der Waals surface area contributed by atoms with E-state index in [9.17, 15) is 4.79 Å². The highest BCUT2D eigenvalue weighted by atomic mass is 32.1. The van der Waals surface area contributed by atoms with Crippen molar-refractivity contribution >= 4 is 25.3 Å². The highest BCUT2D eigenvalue weighted by molar-refractivity contribution is 7.83. The first-order chi connectivity index (χ1) is 3.70. The molecule has 0 aromatic carbocycles. The lowest BCUT2D eigenvalue weighted by molar-refractivity contribution is 0.348.